The summed E-state index contributed by atoms with van der Waals surface area (Å²) in [5.74, 6) is -1.35. The number of nitrogens with one attached hydrogen (secondary N) is 1. The lowest BCUT2D eigenvalue weighted by atomic mass is 10.1. The Morgan fingerprint density at radius 1 is 1.38 bits per heavy atom. The fraction of sp³-hybridized carbons (Fsp3) is 0.273. The summed E-state index contributed by atoms with van der Waals surface area (Å²) < 4.78 is 54.7. The van der Waals surface area contributed by atoms with Gasteiger partial charge in [-0.15, -0.1) is 5.10 Å². The zero-order chi connectivity index (χ0) is 15.8. The highest BCUT2D eigenvalue weighted by Crippen LogP contribution is 2.23. The van der Waals surface area contributed by atoms with E-state index in [4.69, 9.17) is 0 Å². The Labute approximate surface area is 128 Å². The van der Waals surface area contributed by atoms with E-state index >= 15 is 0 Å². The van der Waals surface area contributed by atoms with Crippen LogP contribution in [0.25, 0.3) is 0 Å². The summed E-state index contributed by atoms with van der Waals surface area (Å²) in [6.07, 6.45) is 0. The van der Waals surface area contributed by atoms with Crippen LogP contribution in [0.15, 0.2) is 27.8 Å². The maximum absolute atomic E-state index is 13.7. The highest BCUT2D eigenvalue weighted by Gasteiger charge is 2.27. The summed E-state index contributed by atoms with van der Waals surface area (Å²) in [5.41, 5.74) is -0.0928. The Morgan fingerprint density at radius 3 is 2.62 bits per heavy atom. The molecule has 6 nitrogen and oxygen atoms in total. The first-order valence-corrected chi connectivity index (χ1v) is 8.02. The molecule has 114 valence electrons. The molecule has 0 aliphatic heterocycles. The molecule has 1 unspecified atom stereocenters. The molecule has 2 rings (SSSR count). The van der Waals surface area contributed by atoms with Crippen LogP contribution in [-0.2, 0) is 17.1 Å². The maximum Gasteiger partial charge on any atom is 0.261 e. The van der Waals surface area contributed by atoms with E-state index in [9.17, 15) is 17.2 Å². The van der Waals surface area contributed by atoms with Crippen LogP contribution < -0.4 is 4.72 Å². The van der Waals surface area contributed by atoms with Gasteiger partial charge in [-0.3, -0.25) is 0 Å². The zero-order valence-electron chi connectivity index (χ0n) is 11.0. The third-order valence-corrected chi connectivity index (χ3v) is 5.18. The van der Waals surface area contributed by atoms with Crippen molar-refractivity contribution in [3.05, 3.63) is 40.0 Å². The first-order valence-electron chi connectivity index (χ1n) is 5.75. The fourth-order valence-electron chi connectivity index (χ4n) is 1.81. The quantitative estimate of drug-likeness (QED) is 0.878. The number of hydrogen-bond donors (Lipinski definition) is 1. The van der Waals surface area contributed by atoms with E-state index in [1.165, 1.54) is 14.0 Å². The number of sulfonamides is 1. The van der Waals surface area contributed by atoms with Gasteiger partial charge in [-0.05, 0) is 41.1 Å². The van der Waals surface area contributed by atoms with Crippen molar-refractivity contribution in [2.45, 2.75) is 18.0 Å². The minimum atomic E-state index is -4.00. The summed E-state index contributed by atoms with van der Waals surface area (Å²) in [6.45, 7) is 1.41. The topological polar surface area (TPSA) is 76.9 Å². The summed E-state index contributed by atoms with van der Waals surface area (Å²) >= 11 is 2.98. The van der Waals surface area contributed by atoms with Crippen molar-refractivity contribution in [3.63, 3.8) is 0 Å². The number of halogens is 3. The molecule has 1 aromatic carbocycles. The molecule has 1 aromatic heterocycles. The largest absolute Gasteiger partial charge is 0.261 e. The Morgan fingerprint density at radius 2 is 2.05 bits per heavy atom. The van der Waals surface area contributed by atoms with Gasteiger partial charge >= 0.3 is 0 Å². The highest BCUT2D eigenvalue weighted by atomic mass is 79.9. The molecule has 0 radical (unpaired) electrons. The van der Waals surface area contributed by atoms with Crippen molar-refractivity contribution < 1.29 is 17.2 Å². The van der Waals surface area contributed by atoms with Crippen LogP contribution in [0.2, 0.25) is 0 Å². The van der Waals surface area contributed by atoms with Crippen molar-refractivity contribution >= 4 is 26.0 Å². The van der Waals surface area contributed by atoms with Gasteiger partial charge in [0.05, 0.1) is 0 Å². The van der Waals surface area contributed by atoms with Crippen LogP contribution in [0.3, 0.4) is 0 Å². The van der Waals surface area contributed by atoms with Crippen LogP contribution in [0.1, 0.15) is 18.5 Å². The SMILES string of the molecule is CC(NS(=O)(=O)c1c(Br)nnn1C)c1cc(F)ccc1F. The number of aryl methyl sites for hydroxylation is 1. The smallest absolute Gasteiger partial charge is 0.235 e. The van der Waals surface area contributed by atoms with Gasteiger partial charge in [0.25, 0.3) is 10.0 Å². The molecule has 21 heavy (non-hydrogen) atoms. The third kappa shape index (κ3) is 3.27. The molecule has 1 N–H and O–H groups in total. The van der Waals surface area contributed by atoms with Gasteiger partial charge in [0.1, 0.15) is 11.6 Å². The second-order valence-electron chi connectivity index (χ2n) is 4.32. The van der Waals surface area contributed by atoms with E-state index in [0.717, 1.165) is 22.9 Å². The molecule has 0 fully saturated rings. The minimum Gasteiger partial charge on any atom is -0.235 e. The summed E-state index contributed by atoms with van der Waals surface area (Å²) in [4.78, 5) is 0. The summed E-state index contributed by atoms with van der Waals surface area (Å²) in [5, 5.41) is 6.93. The van der Waals surface area contributed by atoms with Crippen LogP contribution in [-0.4, -0.2) is 23.4 Å². The van der Waals surface area contributed by atoms with Gasteiger partial charge in [-0.1, -0.05) is 5.21 Å². The molecule has 0 saturated heterocycles. The molecule has 0 spiro atoms. The highest BCUT2D eigenvalue weighted by molar-refractivity contribution is 9.10. The molecule has 0 saturated carbocycles. The molecular formula is C11H11BrF2N4O2S. The third-order valence-electron chi connectivity index (χ3n) is 2.75. The predicted octanol–water partition coefficient (Wildman–Crippen LogP) is 1.90. The first-order chi connectivity index (χ1) is 9.72. The van der Waals surface area contributed by atoms with E-state index in [0.29, 0.717) is 0 Å². The normalized spacial score (nSPS) is 13.4. The molecule has 10 heteroatoms. The van der Waals surface area contributed by atoms with Crippen LogP contribution in [0.4, 0.5) is 8.78 Å². The standard InChI is InChI=1S/C11H11BrF2N4O2S/c1-6(8-5-7(13)3-4-9(8)14)16-21(19,20)11-10(12)15-17-18(11)2/h3-6,16H,1-2H3. The average molecular weight is 381 g/mol. The average Bonchev–Trinajstić information content (AvgIpc) is 2.72. The number of nitrogens with zero attached hydrogens (tertiary/aromatic N) is 3. The van der Waals surface area contributed by atoms with Crippen LogP contribution >= 0.6 is 15.9 Å². The van der Waals surface area contributed by atoms with E-state index in [1.807, 2.05) is 0 Å². The fourth-order valence-corrected chi connectivity index (χ4v) is 4.12. The number of rotatable bonds is 4. The molecule has 1 atom stereocenters. The van der Waals surface area contributed by atoms with Crippen LogP contribution in [0.5, 0.6) is 0 Å². The molecule has 0 bridgehead atoms. The van der Waals surface area contributed by atoms with E-state index in [-0.39, 0.29) is 15.2 Å². The number of aromatic nitrogens is 3. The Kier molecular flexibility index (Phi) is 4.40. The summed E-state index contributed by atoms with van der Waals surface area (Å²) in [6, 6.07) is 1.88. The Hall–Kier alpha value is -1.39. The van der Waals surface area contributed by atoms with Gasteiger partial charge in [0, 0.05) is 18.7 Å². The van der Waals surface area contributed by atoms with Crippen molar-refractivity contribution in [1.82, 2.24) is 19.7 Å². The van der Waals surface area contributed by atoms with Crippen molar-refractivity contribution in [3.8, 4) is 0 Å². The molecule has 0 aliphatic rings. The van der Waals surface area contributed by atoms with Gasteiger partial charge < -0.3 is 0 Å². The van der Waals surface area contributed by atoms with Gasteiger partial charge in [0.15, 0.2) is 4.60 Å². The molecular weight excluding hydrogens is 370 g/mol. The monoisotopic (exact) mass is 380 g/mol. The summed E-state index contributed by atoms with van der Waals surface area (Å²) in [7, 11) is -2.60. The van der Waals surface area contributed by atoms with E-state index in [2.05, 4.69) is 31.0 Å². The predicted molar refractivity (Wildman–Crippen MR) is 73.8 cm³/mol. The lowest BCUT2D eigenvalue weighted by Gasteiger charge is -2.15. The molecule has 2 aromatic rings. The van der Waals surface area contributed by atoms with E-state index < -0.39 is 27.7 Å². The van der Waals surface area contributed by atoms with Crippen molar-refractivity contribution in [2.24, 2.45) is 7.05 Å². The second-order valence-corrected chi connectivity index (χ2v) is 6.70. The van der Waals surface area contributed by atoms with Gasteiger partial charge in [0.2, 0.25) is 5.03 Å². The zero-order valence-corrected chi connectivity index (χ0v) is 13.4. The Bertz CT molecular complexity index is 759. The minimum absolute atomic E-state index is 0.0319. The van der Waals surface area contributed by atoms with Gasteiger partial charge in [-0.2, -0.15) is 0 Å². The van der Waals surface area contributed by atoms with Crippen molar-refractivity contribution in [1.29, 1.82) is 0 Å². The van der Waals surface area contributed by atoms with E-state index in [1.54, 1.807) is 0 Å². The maximum atomic E-state index is 13.7. The molecule has 0 amide bonds. The lowest BCUT2D eigenvalue weighted by molar-refractivity contribution is 0.531. The first kappa shape index (κ1) is 16.0. The second kappa shape index (κ2) is 5.78. The number of hydrogen-bond acceptors (Lipinski definition) is 4. The lowest BCUT2D eigenvalue weighted by Crippen LogP contribution is -2.29. The Balaban J connectivity index is 2.35. The van der Waals surface area contributed by atoms with Crippen molar-refractivity contribution in [2.75, 3.05) is 0 Å². The number of benzene rings is 1. The van der Waals surface area contributed by atoms with Crippen LogP contribution in [0, 0.1) is 11.6 Å². The molecule has 0 aliphatic carbocycles. The molecule has 1 heterocycles. The van der Waals surface area contributed by atoms with Gasteiger partial charge in [-0.25, -0.2) is 26.6 Å².